The molecule has 2 aliphatic heterocycles. The molecule has 0 aromatic heterocycles. The number of allylic oxidation sites excluding steroid dienone is 1. The summed E-state index contributed by atoms with van der Waals surface area (Å²) < 4.78 is 37.0. The molecule has 4 unspecified atom stereocenters. The van der Waals surface area contributed by atoms with Gasteiger partial charge in [-0.3, -0.25) is 0 Å². The van der Waals surface area contributed by atoms with E-state index in [9.17, 15) is 4.79 Å². The highest BCUT2D eigenvalue weighted by molar-refractivity contribution is 6.74. The van der Waals surface area contributed by atoms with E-state index >= 15 is 0 Å². The van der Waals surface area contributed by atoms with Crippen LogP contribution in [0.1, 0.15) is 90.7 Å². The van der Waals surface area contributed by atoms with E-state index in [1.165, 1.54) is 0 Å². The van der Waals surface area contributed by atoms with Gasteiger partial charge in [0.25, 0.3) is 0 Å². The predicted molar refractivity (Wildman–Crippen MR) is 164 cm³/mol. The quantitative estimate of drug-likeness (QED) is 0.0646. The molecule has 8 heteroatoms. The van der Waals surface area contributed by atoms with Crippen LogP contribution in [0.25, 0.3) is 0 Å². The summed E-state index contributed by atoms with van der Waals surface area (Å²) in [7, 11) is -0.374. The van der Waals surface area contributed by atoms with Crippen molar-refractivity contribution in [2.24, 2.45) is 5.92 Å². The molecule has 2 heterocycles. The molecule has 2 aliphatic rings. The average Bonchev–Trinajstić information content (AvgIpc) is 2.89. The molecule has 1 aromatic rings. The maximum atomic E-state index is 13.2. The number of esters is 1. The minimum atomic E-state index is -1.95. The number of hydrogen-bond donors (Lipinski definition) is 0. The number of benzene rings is 1. The van der Waals surface area contributed by atoms with Gasteiger partial charge in [0.05, 0.1) is 24.4 Å². The molecule has 2 fully saturated rings. The maximum Gasteiger partial charge on any atom is 0.342 e. The van der Waals surface area contributed by atoms with Crippen LogP contribution in [0.15, 0.2) is 29.5 Å². The molecule has 0 radical (unpaired) electrons. The monoisotopic (exact) mass is 590 g/mol. The maximum absolute atomic E-state index is 13.2. The van der Waals surface area contributed by atoms with E-state index in [1.807, 2.05) is 32.0 Å². The van der Waals surface area contributed by atoms with Gasteiger partial charge in [0.2, 0.25) is 0 Å². The van der Waals surface area contributed by atoms with Crippen molar-refractivity contribution in [3.8, 4) is 5.75 Å². The van der Waals surface area contributed by atoms with E-state index in [0.717, 1.165) is 62.7 Å². The molecule has 4 atom stereocenters. The van der Waals surface area contributed by atoms with Crippen LogP contribution in [-0.4, -0.2) is 52.8 Å². The average molecular weight is 591 g/mol. The first-order valence-electron chi connectivity index (χ1n) is 15.3. The molecule has 0 amide bonds. The number of ether oxygens (including phenoxy) is 5. The molecule has 3 rings (SSSR count). The number of methoxy groups -OCH3 is 1. The Kier molecular flexibility index (Phi) is 11.7. The third kappa shape index (κ3) is 8.89. The van der Waals surface area contributed by atoms with Crippen LogP contribution in [0.4, 0.5) is 0 Å². The number of carbonyl (C=O) groups is 1. The molecule has 0 bridgehead atoms. The third-order valence-electron chi connectivity index (χ3n) is 9.01. The number of hydrogen-bond acceptors (Lipinski definition) is 7. The first-order valence-corrected chi connectivity index (χ1v) is 18.2. The Morgan fingerprint density at radius 2 is 1.85 bits per heavy atom. The van der Waals surface area contributed by atoms with E-state index in [1.54, 1.807) is 14.0 Å². The van der Waals surface area contributed by atoms with Crippen LogP contribution < -0.4 is 4.74 Å². The van der Waals surface area contributed by atoms with Crippen molar-refractivity contribution in [3.63, 3.8) is 0 Å². The van der Waals surface area contributed by atoms with E-state index < -0.39 is 20.1 Å². The van der Waals surface area contributed by atoms with Crippen LogP contribution >= 0.6 is 0 Å². The first-order chi connectivity index (χ1) is 19.2. The van der Waals surface area contributed by atoms with Gasteiger partial charge in [-0.1, -0.05) is 45.9 Å². The van der Waals surface area contributed by atoms with Gasteiger partial charge in [0.1, 0.15) is 11.5 Å². The lowest BCUT2D eigenvalue weighted by molar-refractivity contribution is -0.308. The van der Waals surface area contributed by atoms with Crippen LogP contribution in [0.3, 0.4) is 0 Å². The number of carbonyl (C=O) groups excluding carboxylic acids is 1. The Morgan fingerprint density at radius 3 is 2.44 bits per heavy atom. The normalized spacial score (nSPS) is 25.0. The summed E-state index contributed by atoms with van der Waals surface area (Å²) in [6, 6.07) is 5.83. The molecule has 7 nitrogen and oxygen atoms in total. The molecule has 0 saturated carbocycles. The number of para-hydroxylation sites is 1. The Morgan fingerprint density at radius 1 is 1.17 bits per heavy atom. The summed E-state index contributed by atoms with van der Waals surface area (Å²) in [4.78, 5) is 13.2. The lowest BCUT2D eigenvalue weighted by Gasteiger charge is -2.49. The second-order valence-corrected chi connectivity index (χ2v) is 18.3. The van der Waals surface area contributed by atoms with Crippen molar-refractivity contribution >= 4 is 14.3 Å². The summed E-state index contributed by atoms with van der Waals surface area (Å²) in [5.41, 5.74) is 2.29. The molecular formula is C33H54O7Si. The van der Waals surface area contributed by atoms with Crippen LogP contribution in [-0.2, 0) is 28.2 Å². The van der Waals surface area contributed by atoms with Gasteiger partial charge in [-0.2, -0.15) is 0 Å². The Bertz CT molecular complexity index is 1030. The summed E-state index contributed by atoms with van der Waals surface area (Å²) in [5, 5.41) is 0.136. The lowest BCUT2D eigenvalue weighted by Crippen LogP contribution is -2.53. The standard InChI is InChI=1S/C33H54O7Si/c1-23-14-13-15-24(2)29(23)38-31(34)26(4)30(36-22-35-8)25(3)16-17-27-20-28(40-41(9,10)32(5,6)7)21-33(39-27)18-11-12-19-37-33/h13-15,25,27-28H,11-12,16-22H2,1-10H3. The van der Waals surface area contributed by atoms with Gasteiger partial charge >= 0.3 is 5.97 Å². The smallest absolute Gasteiger partial charge is 0.342 e. The van der Waals surface area contributed by atoms with Crippen molar-refractivity contribution in [1.29, 1.82) is 0 Å². The Labute approximate surface area is 249 Å². The van der Waals surface area contributed by atoms with Gasteiger partial charge in [0, 0.05) is 25.9 Å². The van der Waals surface area contributed by atoms with Crippen molar-refractivity contribution in [2.75, 3.05) is 20.5 Å². The van der Waals surface area contributed by atoms with E-state index in [2.05, 4.69) is 40.8 Å². The van der Waals surface area contributed by atoms with Crippen molar-refractivity contribution < 1.29 is 32.9 Å². The molecule has 0 aliphatic carbocycles. The fourth-order valence-electron chi connectivity index (χ4n) is 5.60. The molecule has 232 valence electrons. The second-order valence-electron chi connectivity index (χ2n) is 13.5. The SMILES string of the molecule is COCOC(=C(C)C(=O)Oc1c(C)cccc1C)C(C)CCC1CC(O[Si](C)(C)C(C)(C)C)CC2(CCCCO2)O1. The van der Waals surface area contributed by atoms with Gasteiger partial charge < -0.3 is 28.1 Å². The number of rotatable bonds is 11. The third-order valence-corrected chi connectivity index (χ3v) is 13.5. The second kappa shape index (κ2) is 14.2. The Hall–Kier alpha value is -1.71. The fraction of sp³-hybridized carbons (Fsp3) is 0.727. The highest BCUT2D eigenvalue weighted by Crippen LogP contribution is 2.44. The van der Waals surface area contributed by atoms with Gasteiger partial charge in [-0.05, 0) is 82.1 Å². The summed E-state index contributed by atoms with van der Waals surface area (Å²) in [5.74, 6) is 0.178. The van der Waals surface area contributed by atoms with E-state index in [-0.39, 0.29) is 30.0 Å². The zero-order chi connectivity index (χ0) is 30.4. The topological polar surface area (TPSA) is 72.5 Å². The van der Waals surface area contributed by atoms with Crippen molar-refractivity contribution in [1.82, 2.24) is 0 Å². The van der Waals surface area contributed by atoms with Crippen LogP contribution in [0.5, 0.6) is 5.75 Å². The van der Waals surface area contributed by atoms with Crippen molar-refractivity contribution in [2.45, 2.75) is 130 Å². The Balaban J connectivity index is 1.75. The zero-order valence-electron chi connectivity index (χ0n) is 27.2. The molecular weight excluding hydrogens is 536 g/mol. The fourth-order valence-corrected chi connectivity index (χ4v) is 6.97. The van der Waals surface area contributed by atoms with Crippen LogP contribution in [0, 0.1) is 19.8 Å². The minimum Gasteiger partial charge on any atom is -0.471 e. The van der Waals surface area contributed by atoms with Crippen LogP contribution in [0.2, 0.25) is 18.1 Å². The zero-order valence-corrected chi connectivity index (χ0v) is 28.2. The molecule has 0 N–H and O–H groups in total. The molecule has 1 spiro atoms. The van der Waals surface area contributed by atoms with Gasteiger partial charge in [-0.25, -0.2) is 4.79 Å². The first kappa shape index (κ1) is 33.8. The van der Waals surface area contributed by atoms with Gasteiger partial charge in [0.15, 0.2) is 20.9 Å². The molecule has 2 saturated heterocycles. The lowest BCUT2D eigenvalue weighted by atomic mass is 9.89. The largest absolute Gasteiger partial charge is 0.471 e. The summed E-state index contributed by atoms with van der Waals surface area (Å²) in [6.45, 7) is 20.0. The summed E-state index contributed by atoms with van der Waals surface area (Å²) in [6.07, 6.45) is 6.41. The highest BCUT2D eigenvalue weighted by Gasteiger charge is 2.47. The predicted octanol–water partition coefficient (Wildman–Crippen LogP) is 7.99. The minimum absolute atomic E-state index is 0.00428. The molecule has 1 aromatic carbocycles. The van der Waals surface area contributed by atoms with Gasteiger partial charge in [-0.15, -0.1) is 0 Å². The van der Waals surface area contributed by atoms with E-state index in [4.69, 9.17) is 28.1 Å². The van der Waals surface area contributed by atoms with Crippen molar-refractivity contribution in [3.05, 3.63) is 40.7 Å². The summed E-state index contributed by atoms with van der Waals surface area (Å²) >= 11 is 0. The number of aryl methyl sites for hydroxylation is 2. The highest BCUT2D eigenvalue weighted by atomic mass is 28.4. The van der Waals surface area contributed by atoms with E-state index in [0.29, 0.717) is 17.1 Å². The molecule has 41 heavy (non-hydrogen) atoms.